The highest BCUT2D eigenvalue weighted by atomic mass is 16.5. The van der Waals surface area contributed by atoms with Crippen LogP contribution in [0.4, 0.5) is 0 Å². The number of hydrogen-bond acceptors (Lipinski definition) is 2. The summed E-state index contributed by atoms with van der Waals surface area (Å²) in [6, 6.07) is 14.4. The second-order valence-corrected chi connectivity index (χ2v) is 5.48. The van der Waals surface area contributed by atoms with Gasteiger partial charge in [0.25, 0.3) is 0 Å². The van der Waals surface area contributed by atoms with E-state index in [1.165, 1.54) is 16.3 Å². The van der Waals surface area contributed by atoms with Gasteiger partial charge in [-0.3, -0.25) is 4.79 Å². The first kappa shape index (κ1) is 16.0. The molecule has 2 heteroatoms. The third-order valence-electron chi connectivity index (χ3n) is 3.59. The second kappa shape index (κ2) is 8.18. The standard InChI is InChI=1S/C20H22O2/c1-16(6-5-7-17(2)15-21)12-13-22-20-11-10-18-8-3-4-9-19(18)14-20/h3-4,7-12,14-15H,5-6,13H2,1-2H3/b16-12+,17-7+. The van der Waals surface area contributed by atoms with E-state index in [9.17, 15) is 4.79 Å². The molecule has 0 heterocycles. The first-order valence-corrected chi connectivity index (χ1v) is 7.58. The van der Waals surface area contributed by atoms with Gasteiger partial charge in [-0.25, -0.2) is 0 Å². The maximum Gasteiger partial charge on any atom is 0.145 e. The number of carbonyl (C=O) groups excluding carboxylic acids is 1. The fourth-order valence-electron chi connectivity index (χ4n) is 2.22. The fourth-order valence-corrected chi connectivity index (χ4v) is 2.22. The first-order valence-electron chi connectivity index (χ1n) is 7.58. The third-order valence-corrected chi connectivity index (χ3v) is 3.59. The van der Waals surface area contributed by atoms with Crippen LogP contribution in [-0.2, 0) is 4.79 Å². The first-order chi connectivity index (χ1) is 10.7. The van der Waals surface area contributed by atoms with E-state index in [2.05, 4.69) is 37.3 Å². The van der Waals surface area contributed by atoms with Crippen LogP contribution in [0, 0.1) is 0 Å². The summed E-state index contributed by atoms with van der Waals surface area (Å²) in [5, 5.41) is 2.41. The topological polar surface area (TPSA) is 26.3 Å². The SMILES string of the molecule is C/C(C=O)=C\CC/C(C)=C/COc1ccc2ccccc2c1. The molecule has 114 valence electrons. The van der Waals surface area contributed by atoms with E-state index in [4.69, 9.17) is 4.74 Å². The summed E-state index contributed by atoms with van der Waals surface area (Å²) in [4.78, 5) is 10.5. The van der Waals surface area contributed by atoms with Crippen LogP contribution in [0.1, 0.15) is 26.7 Å². The number of rotatable bonds is 7. The van der Waals surface area contributed by atoms with Gasteiger partial charge < -0.3 is 4.74 Å². The molecule has 0 fully saturated rings. The molecule has 0 amide bonds. The molecule has 2 nitrogen and oxygen atoms in total. The molecule has 2 rings (SSSR count). The minimum atomic E-state index is 0.570. The van der Waals surface area contributed by atoms with Gasteiger partial charge in [-0.05, 0) is 61.2 Å². The number of allylic oxidation sites excluding steroid dienone is 3. The van der Waals surface area contributed by atoms with Crippen LogP contribution in [0.15, 0.2) is 65.8 Å². The Morgan fingerprint density at radius 1 is 1.05 bits per heavy atom. The molecule has 0 aliphatic carbocycles. The van der Waals surface area contributed by atoms with Crippen molar-refractivity contribution in [3.63, 3.8) is 0 Å². The maximum atomic E-state index is 10.5. The third kappa shape index (κ3) is 4.88. The molecule has 22 heavy (non-hydrogen) atoms. The van der Waals surface area contributed by atoms with Gasteiger partial charge in [0, 0.05) is 0 Å². The Bertz CT molecular complexity index is 696. The molecule has 0 spiro atoms. The second-order valence-electron chi connectivity index (χ2n) is 5.48. The molecular formula is C20H22O2. The van der Waals surface area contributed by atoms with Crippen molar-refractivity contribution in [2.75, 3.05) is 6.61 Å². The van der Waals surface area contributed by atoms with Crippen molar-refractivity contribution in [2.45, 2.75) is 26.7 Å². The van der Waals surface area contributed by atoms with Gasteiger partial charge in [-0.2, -0.15) is 0 Å². The summed E-state index contributed by atoms with van der Waals surface area (Å²) in [7, 11) is 0. The Kier molecular flexibility index (Phi) is 5.96. The van der Waals surface area contributed by atoms with Gasteiger partial charge in [0.15, 0.2) is 0 Å². The van der Waals surface area contributed by atoms with E-state index in [-0.39, 0.29) is 0 Å². The molecule has 0 aromatic heterocycles. The van der Waals surface area contributed by atoms with E-state index < -0.39 is 0 Å². The normalized spacial score (nSPS) is 12.5. The summed E-state index contributed by atoms with van der Waals surface area (Å²) >= 11 is 0. The number of hydrogen-bond donors (Lipinski definition) is 0. The van der Waals surface area contributed by atoms with Crippen LogP contribution >= 0.6 is 0 Å². The molecule has 0 radical (unpaired) electrons. The maximum absolute atomic E-state index is 10.5. The molecule has 0 aliphatic heterocycles. The number of benzene rings is 2. The average Bonchev–Trinajstić information content (AvgIpc) is 2.54. The summed E-state index contributed by atoms with van der Waals surface area (Å²) in [5.41, 5.74) is 2.07. The molecule has 0 saturated carbocycles. The summed E-state index contributed by atoms with van der Waals surface area (Å²) in [5.74, 6) is 0.888. The lowest BCUT2D eigenvalue weighted by Gasteiger charge is -2.06. The Morgan fingerprint density at radius 2 is 1.82 bits per heavy atom. The fraction of sp³-hybridized carbons (Fsp3) is 0.250. The van der Waals surface area contributed by atoms with Gasteiger partial charge in [-0.1, -0.05) is 42.0 Å². The van der Waals surface area contributed by atoms with Gasteiger partial charge >= 0.3 is 0 Å². The number of fused-ring (bicyclic) bond motifs is 1. The minimum Gasteiger partial charge on any atom is -0.490 e. The quantitative estimate of drug-likeness (QED) is 0.404. The van der Waals surface area contributed by atoms with Crippen molar-refractivity contribution in [3.8, 4) is 5.75 Å². The highest BCUT2D eigenvalue weighted by Crippen LogP contribution is 2.20. The Hall–Kier alpha value is -2.35. The zero-order chi connectivity index (χ0) is 15.8. The van der Waals surface area contributed by atoms with Gasteiger partial charge in [-0.15, -0.1) is 0 Å². The highest BCUT2D eigenvalue weighted by molar-refractivity contribution is 5.83. The van der Waals surface area contributed by atoms with E-state index in [0.717, 1.165) is 30.5 Å². The smallest absolute Gasteiger partial charge is 0.145 e. The molecular weight excluding hydrogens is 272 g/mol. The molecule has 0 N–H and O–H groups in total. The minimum absolute atomic E-state index is 0.570. The lowest BCUT2D eigenvalue weighted by atomic mass is 10.1. The summed E-state index contributed by atoms with van der Waals surface area (Å²) in [6.07, 6.45) is 6.80. The van der Waals surface area contributed by atoms with Crippen LogP contribution in [0.5, 0.6) is 5.75 Å². The Balaban J connectivity index is 1.86. The zero-order valence-electron chi connectivity index (χ0n) is 13.2. The van der Waals surface area contributed by atoms with E-state index in [0.29, 0.717) is 6.61 Å². The molecule has 0 bridgehead atoms. The Morgan fingerprint density at radius 3 is 2.59 bits per heavy atom. The number of ether oxygens (including phenoxy) is 1. The van der Waals surface area contributed by atoms with Crippen LogP contribution < -0.4 is 4.74 Å². The van der Waals surface area contributed by atoms with Crippen LogP contribution in [0.3, 0.4) is 0 Å². The van der Waals surface area contributed by atoms with Gasteiger partial charge in [0.2, 0.25) is 0 Å². The van der Waals surface area contributed by atoms with Crippen molar-refractivity contribution >= 4 is 17.1 Å². The molecule has 0 atom stereocenters. The molecule has 2 aromatic rings. The average molecular weight is 294 g/mol. The molecule has 2 aromatic carbocycles. The predicted octanol–water partition coefficient (Wildman–Crippen LogP) is 5.09. The van der Waals surface area contributed by atoms with E-state index in [1.807, 2.05) is 31.2 Å². The van der Waals surface area contributed by atoms with E-state index in [1.54, 1.807) is 0 Å². The van der Waals surface area contributed by atoms with Crippen molar-refractivity contribution in [3.05, 3.63) is 65.8 Å². The van der Waals surface area contributed by atoms with Crippen molar-refractivity contribution in [1.29, 1.82) is 0 Å². The number of carbonyl (C=O) groups is 1. The Labute approximate surface area is 132 Å². The highest BCUT2D eigenvalue weighted by Gasteiger charge is 1.96. The van der Waals surface area contributed by atoms with Gasteiger partial charge in [0.1, 0.15) is 18.6 Å². The monoisotopic (exact) mass is 294 g/mol. The summed E-state index contributed by atoms with van der Waals surface area (Å²) in [6.45, 7) is 4.49. The van der Waals surface area contributed by atoms with Crippen molar-refractivity contribution < 1.29 is 9.53 Å². The number of aldehydes is 1. The van der Waals surface area contributed by atoms with E-state index >= 15 is 0 Å². The van der Waals surface area contributed by atoms with Crippen LogP contribution in [0.25, 0.3) is 10.8 Å². The largest absolute Gasteiger partial charge is 0.490 e. The van der Waals surface area contributed by atoms with Crippen LogP contribution in [0.2, 0.25) is 0 Å². The van der Waals surface area contributed by atoms with Crippen molar-refractivity contribution in [1.82, 2.24) is 0 Å². The lowest BCUT2D eigenvalue weighted by molar-refractivity contribution is -0.104. The van der Waals surface area contributed by atoms with Crippen molar-refractivity contribution in [2.24, 2.45) is 0 Å². The summed E-state index contributed by atoms with van der Waals surface area (Å²) < 4.78 is 5.79. The van der Waals surface area contributed by atoms with Gasteiger partial charge in [0.05, 0.1) is 0 Å². The zero-order valence-corrected chi connectivity index (χ0v) is 13.2. The molecule has 0 saturated heterocycles. The lowest BCUT2D eigenvalue weighted by Crippen LogP contribution is -1.94. The van der Waals surface area contributed by atoms with Crippen LogP contribution in [-0.4, -0.2) is 12.9 Å². The molecule has 0 unspecified atom stereocenters. The predicted molar refractivity (Wildman–Crippen MR) is 92.3 cm³/mol. The molecule has 0 aliphatic rings.